The molecule has 0 fully saturated rings. The van der Waals surface area contributed by atoms with E-state index < -0.39 is 11.5 Å². The summed E-state index contributed by atoms with van der Waals surface area (Å²) in [6.45, 7) is 5.80. The van der Waals surface area contributed by atoms with Crippen molar-refractivity contribution in [3.63, 3.8) is 0 Å². The summed E-state index contributed by atoms with van der Waals surface area (Å²) in [4.78, 5) is 12.1. The molecule has 19 heavy (non-hydrogen) atoms. The second kappa shape index (κ2) is 5.03. The molecule has 1 heterocycles. The Labute approximate surface area is 113 Å². The zero-order valence-corrected chi connectivity index (χ0v) is 11.6. The van der Waals surface area contributed by atoms with Gasteiger partial charge < -0.3 is 9.94 Å². The quantitative estimate of drug-likeness (QED) is 0.477. The lowest BCUT2D eigenvalue weighted by molar-refractivity contribution is -0.530. The molecule has 0 aliphatic carbocycles. The highest BCUT2D eigenvalue weighted by Crippen LogP contribution is 2.32. The molecule has 102 valence electrons. The third-order valence-corrected chi connectivity index (χ3v) is 3.44. The summed E-state index contributed by atoms with van der Waals surface area (Å²) in [7, 11) is 0. The Balaban J connectivity index is 2.44. The van der Waals surface area contributed by atoms with E-state index in [2.05, 4.69) is 0 Å². The predicted octanol–water partition coefficient (Wildman–Crippen LogP) is 2.35. The summed E-state index contributed by atoms with van der Waals surface area (Å²) < 4.78 is 6.06. The molecule has 2 rings (SSSR count). The minimum absolute atomic E-state index is 0.312. The van der Waals surface area contributed by atoms with Crippen molar-refractivity contribution in [2.24, 2.45) is 5.92 Å². The van der Waals surface area contributed by atoms with Crippen LogP contribution < -0.4 is 0 Å². The molecule has 0 saturated heterocycles. The molecular formula is C15H19NO3. The van der Waals surface area contributed by atoms with Gasteiger partial charge in [0.15, 0.2) is 5.54 Å². The predicted molar refractivity (Wildman–Crippen MR) is 73.0 cm³/mol. The first kappa shape index (κ1) is 13.6. The normalized spacial score (nSPS) is 21.5. The molecule has 0 bridgehead atoms. The molecule has 1 aliphatic rings. The number of nitrogens with zero attached hydrogens (tertiary/aromatic N) is 1. The number of hydrogen-bond donors (Lipinski definition) is 0. The van der Waals surface area contributed by atoms with Crippen molar-refractivity contribution in [1.82, 2.24) is 0 Å². The Kier molecular flexibility index (Phi) is 3.60. The van der Waals surface area contributed by atoms with Crippen molar-refractivity contribution in [3.05, 3.63) is 41.1 Å². The SMILES string of the molecule is CCOC(=O)C1CC(C)(C)[N+]([O-])=C1c1ccccc1. The first-order chi connectivity index (χ1) is 8.97. The molecule has 1 aromatic rings. The maximum Gasteiger partial charge on any atom is 0.319 e. The summed E-state index contributed by atoms with van der Waals surface area (Å²) in [6, 6.07) is 9.33. The number of esters is 1. The van der Waals surface area contributed by atoms with Gasteiger partial charge in [-0.2, -0.15) is 0 Å². The van der Waals surface area contributed by atoms with Crippen LogP contribution in [0.3, 0.4) is 0 Å². The fourth-order valence-corrected chi connectivity index (χ4v) is 2.51. The van der Waals surface area contributed by atoms with Crippen LogP contribution >= 0.6 is 0 Å². The van der Waals surface area contributed by atoms with E-state index in [1.807, 2.05) is 44.2 Å². The molecule has 0 amide bonds. The van der Waals surface area contributed by atoms with Crippen molar-refractivity contribution < 1.29 is 14.3 Å². The first-order valence-electron chi connectivity index (χ1n) is 6.53. The molecule has 0 saturated carbocycles. The average Bonchev–Trinajstić information content (AvgIpc) is 2.62. The maximum absolute atomic E-state index is 12.4. The molecule has 0 spiro atoms. The van der Waals surface area contributed by atoms with E-state index in [0.717, 1.165) is 10.3 Å². The smallest absolute Gasteiger partial charge is 0.319 e. The number of rotatable bonds is 3. The minimum atomic E-state index is -0.581. The molecule has 4 nitrogen and oxygen atoms in total. The van der Waals surface area contributed by atoms with E-state index in [1.165, 1.54) is 0 Å². The molecule has 0 radical (unpaired) electrons. The molecule has 0 aromatic heterocycles. The second-order valence-corrected chi connectivity index (χ2v) is 5.37. The van der Waals surface area contributed by atoms with Crippen molar-refractivity contribution >= 4 is 11.7 Å². The van der Waals surface area contributed by atoms with Gasteiger partial charge in [0.05, 0.1) is 6.61 Å². The molecule has 0 N–H and O–H groups in total. The molecule has 4 heteroatoms. The van der Waals surface area contributed by atoms with Gasteiger partial charge in [0.2, 0.25) is 5.71 Å². The van der Waals surface area contributed by atoms with Crippen LogP contribution in [0.15, 0.2) is 30.3 Å². The number of hydrogen-bond acceptors (Lipinski definition) is 3. The summed E-state index contributed by atoms with van der Waals surface area (Å²) >= 11 is 0. The van der Waals surface area contributed by atoms with Crippen molar-refractivity contribution in [2.45, 2.75) is 32.7 Å². The third-order valence-electron chi connectivity index (χ3n) is 3.44. The monoisotopic (exact) mass is 261 g/mol. The van der Waals surface area contributed by atoms with Gasteiger partial charge in [-0.15, -0.1) is 0 Å². The number of ether oxygens (including phenoxy) is 1. The molecule has 1 aromatic carbocycles. The van der Waals surface area contributed by atoms with Crippen molar-refractivity contribution in [3.8, 4) is 0 Å². The van der Waals surface area contributed by atoms with Crippen LogP contribution in [0, 0.1) is 11.1 Å². The third kappa shape index (κ3) is 2.48. The highest BCUT2D eigenvalue weighted by molar-refractivity contribution is 6.10. The fourth-order valence-electron chi connectivity index (χ4n) is 2.51. The van der Waals surface area contributed by atoms with E-state index in [1.54, 1.807) is 6.92 Å². The topological polar surface area (TPSA) is 52.4 Å². The lowest BCUT2D eigenvalue weighted by Crippen LogP contribution is -2.29. The van der Waals surface area contributed by atoms with E-state index in [9.17, 15) is 10.0 Å². The van der Waals surface area contributed by atoms with Crippen LogP contribution in [-0.4, -0.2) is 28.6 Å². The Morgan fingerprint density at radius 2 is 2.05 bits per heavy atom. The van der Waals surface area contributed by atoms with Crippen LogP contribution in [-0.2, 0) is 9.53 Å². The highest BCUT2D eigenvalue weighted by Gasteiger charge is 2.48. The number of carbonyl (C=O) groups excluding carboxylic acids is 1. The average molecular weight is 261 g/mol. The van der Waals surface area contributed by atoms with Gasteiger partial charge in [-0.05, 0) is 19.1 Å². The van der Waals surface area contributed by atoms with E-state index in [0.29, 0.717) is 18.7 Å². The van der Waals surface area contributed by atoms with Crippen molar-refractivity contribution in [1.29, 1.82) is 0 Å². The Hall–Kier alpha value is -1.84. The lowest BCUT2D eigenvalue weighted by atomic mass is 9.91. The van der Waals surface area contributed by atoms with Gasteiger partial charge in [-0.3, -0.25) is 4.79 Å². The van der Waals surface area contributed by atoms with E-state index in [4.69, 9.17) is 4.74 Å². The minimum Gasteiger partial charge on any atom is -0.623 e. The van der Waals surface area contributed by atoms with Crippen LogP contribution in [0.2, 0.25) is 0 Å². The highest BCUT2D eigenvalue weighted by atomic mass is 16.5. The molecular weight excluding hydrogens is 242 g/mol. The van der Waals surface area contributed by atoms with Gasteiger partial charge in [-0.25, -0.2) is 4.74 Å². The first-order valence-corrected chi connectivity index (χ1v) is 6.53. The molecule has 1 aliphatic heterocycles. The van der Waals surface area contributed by atoms with Gasteiger partial charge in [0.1, 0.15) is 5.92 Å². The maximum atomic E-state index is 12.4. The molecule has 1 atom stereocenters. The Bertz CT molecular complexity index is 505. The van der Waals surface area contributed by atoms with Crippen LogP contribution in [0.4, 0.5) is 0 Å². The summed E-state index contributed by atoms with van der Waals surface area (Å²) in [5.41, 5.74) is 0.730. The van der Waals surface area contributed by atoms with Gasteiger partial charge in [0, 0.05) is 25.8 Å². The number of benzene rings is 1. The summed E-state index contributed by atoms with van der Waals surface area (Å²) in [6.07, 6.45) is 0.486. The standard InChI is InChI=1S/C15H19NO3/c1-4-19-14(17)12-10-15(2,3)16(18)13(12)11-8-6-5-7-9-11/h5-9,12H,4,10H2,1-3H3. The van der Waals surface area contributed by atoms with Crippen LogP contribution in [0.5, 0.6) is 0 Å². The number of carbonyl (C=O) groups is 1. The van der Waals surface area contributed by atoms with Crippen molar-refractivity contribution in [2.75, 3.05) is 6.61 Å². The summed E-state index contributed by atoms with van der Waals surface area (Å²) in [5, 5.41) is 12.4. The molecule has 1 unspecified atom stereocenters. The fraction of sp³-hybridized carbons (Fsp3) is 0.467. The van der Waals surface area contributed by atoms with Gasteiger partial charge in [-0.1, -0.05) is 18.2 Å². The van der Waals surface area contributed by atoms with Crippen LogP contribution in [0.25, 0.3) is 0 Å². The zero-order chi connectivity index (χ0) is 14.0. The van der Waals surface area contributed by atoms with Gasteiger partial charge in [0.25, 0.3) is 0 Å². The Morgan fingerprint density at radius 3 is 2.63 bits per heavy atom. The Morgan fingerprint density at radius 1 is 1.42 bits per heavy atom. The second-order valence-electron chi connectivity index (χ2n) is 5.37. The van der Waals surface area contributed by atoms with Gasteiger partial charge >= 0.3 is 5.97 Å². The number of hydroxylamine groups is 1. The largest absolute Gasteiger partial charge is 0.623 e. The van der Waals surface area contributed by atoms with Crippen LogP contribution in [0.1, 0.15) is 32.8 Å². The zero-order valence-electron chi connectivity index (χ0n) is 11.6. The summed E-state index contributed by atoms with van der Waals surface area (Å²) in [5.74, 6) is -0.789. The van der Waals surface area contributed by atoms with E-state index >= 15 is 0 Å². The van der Waals surface area contributed by atoms with E-state index in [-0.39, 0.29) is 5.97 Å². The lowest BCUT2D eigenvalue weighted by Gasteiger charge is -2.17.